The van der Waals surface area contributed by atoms with Crippen LogP contribution in [0.1, 0.15) is 49.6 Å². The maximum absolute atomic E-state index is 12.8. The van der Waals surface area contributed by atoms with Crippen LogP contribution in [0.25, 0.3) is 11.8 Å². The first kappa shape index (κ1) is 22.8. The molecule has 9 heteroatoms. The molecule has 4 rings (SSSR count). The Morgan fingerprint density at radius 1 is 1.19 bits per heavy atom. The first-order valence-corrected chi connectivity index (χ1v) is 12.0. The topological polar surface area (TPSA) is 73.8 Å². The van der Waals surface area contributed by atoms with Gasteiger partial charge in [0.2, 0.25) is 5.17 Å². The third kappa shape index (κ3) is 4.29. The molecule has 0 unspecified atom stereocenters. The number of aryl methyl sites for hydroxylation is 1. The Balaban J connectivity index is 1.66. The minimum Gasteiger partial charge on any atom is -0.316 e. The van der Waals surface area contributed by atoms with Gasteiger partial charge in [-0.2, -0.15) is 15.1 Å². The second kappa shape index (κ2) is 9.25. The van der Waals surface area contributed by atoms with Crippen molar-refractivity contribution < 1.29 is 4.79 Å². The number of hydrogen-bond donors (Lipinski definition) is 1. The van der Waals surface area contributed by atoms with Crippen molar-refractivity contribution in [2.24, 2.45) is 10.1 Å². The minimum atomic E-state index is -0.423. The fraction of sp³-hybridized carbons (Fsp3) is 0.304. The molecule has 1 aromatic carbocycles. The number of carbonyl (C=O) groups is 1. The lowest BCUT2D eigenvalue weighted by molar-refractivity contribution is -0.114. The largest absolute Gasteiger partial charge is 0.316 e. The molecule has 1 N–H and O–H groups in total. The number of unbranched alkanes of at least 4 members (excludes halogenated alkanes) is 2. The number of nitrogens with one attached hydrogen (secondary N) is 1. The molecule has 0 aliphatic carbocycles. The van der Waals surface area contributed by atoms with E-state index in [2.05, 4.69) is 17.0 Å². The molecule has 0 saturated heterocycles. The van der Waals surface area contributed by atoms with Crippen molar-refractivity contribution in [1.82, 2.24) is 9.58 Å². The number of nitrogens with zero attached hydrogens (tertiary/aromatic N) is 4. The maximum Gasteiger partial charge on any atom is 0.283 e. The molecular weight excluding hydrogens is 465 g/mol. The Morgan fingerprint density at radius 3 is 2.69 bits per heavy atom. The lowest BCUT2D eigenvalue weighted by Crippen LogP contribution is -2.35. The van der Waals surface area contributed by atoms with E-state index < -0.39 is 5.91 Å². The van der Waals surface area contributed by atoms with E-state index in [-0.39, 0.29) is 11.4 Å². The molecule has 1 amide bonds. The van der Waals surface area contributed by atoms with E-state index >= 15 is 0 Å². The number of halogens is 2. The normalized spacial score (nSPS) is 17.2. The van der Waals surface area contributed by atoms with E-state index in [4.69, 9.17) is 28.6 Å². The van der Waals surface area contributed by atoms with Crippen LogP contribution in [0.4, 0.5) is 0 Å². The number of thioether (sulfide) groups is 1. The predicted octanol–water partition coefficient (Wildman–Crippen LogP) is 6.60. The molecule has 0 spiro atoms. The molecule has 0 radical (unpaired) electrons. The first-order chi connectivity index (χ1) is 15.3. The summed E-state index contributed by atoms with van der Waals surface area (Å²) in [5, 5.41) is 17.1. The number of fused-ring (bicyclic) bond motifs is 1. The first-order valence-electron chi connectivity index (χ1n) is 10.4. The molecule has 32 heavy (non-hydrogen) atoms. The summed E-state index contributed by atoms with van der Waals surface area (Å²) in [6, 6.07) is 7.32. The van der Waals surface area contributed by atoms with Crippen molar-refractivity contribution in [1.29, 1.82) is 5.41 Å². The summed E-state index contributed by atoms with van der Waals surface area (Å²) in [6.07, 6.45) is 5.83. The third-order valence-corrected chi connectivity index (χ3v) is 6.92. The zero-order valence-electron chi connectivity index (χ0n) is 18.1. The summed E-state index contributed by atoms with van der Waals surface area (Å²) in [7, 11) is 0. The van der Waals surface area contributed by atoms with Gasteiger partial charge in [0.25, 0.3) is 5.91 Å². The second-order valence-corrected chi connectivity index (χ2v) is 9.61. The van der Waals surface area contributed by atoms with Crippen LogP contribution in [0.3, 0.4) is 0 Å². The van der Waals surface area contributed by atoms with Crippen LogP contribution in [0.5, 0.6) is 0 Å². The van der Waals surface area contributed by atoms with Crippen molar-refractivity contribution in [2.75, 3.05) is 0 Å². The van der Waals surface area contributed by atoms with Crippen molar-refractivity contribution in [3.05, 3.63) is 56.8 Å². The van der Waals surface area contributed by atoms with E-state index in [9.17, 15) is 4.79 Å². The number of amides is 1. The third-order valence-electron chi connectivity index (χ3n) is 5.41. The molecule has 2 aliphatic rings. The summed E-state index contributed by atoms with van der Waals surface area (Å²) in [5.74, 6) is -0.375. The molecule has 0 bridgehead atoms. The Hall–Kier alpha value is -2.35. The van der Waals surface area contributed by atoms with Crippen LogP contribution >= 0.6 is 35.0 Å². The van der Waals surface area contributed by atoms with Crippen molar-refractivity contribution in [3.8, 4) is 5.69 Å². The van der Waals surface area contributed by atoms with Gasteiger partial charge in [0, 0.05) is 16.4 Å². The van der Waals surface area contributed by atoms with Crippen LogP contribution < -0.4 is 0 Å². The highest BCUT2D eigenvalue weighted by Gasteiger charge is 2.35. The summed E-state index contributed by atoms with van der Waals surface area (Å²) < 4.78 is 2.01. The molecule has 0 fully saturated rings. The van der Waals surface area contributed by atoms with Crippen LogP contribution in [0, 0.1) is 19.3 Å². The quantitative estimate of drug-likeness (QED) is 0.368. The van der Waals surface area contributed by atoms with E-state index in [0.29, 0.717) is 15.2 Å². The Kier molecular flexibility index (Phi) is 6.60. The molecular formula is C23H23Cl2N5OS. The molecule has 1 aromatic heterocycles. The summed E-state index contributed by atoms with van der Waals surface area (Å²) >= 11 is 13.8. The average Bonchev–Trinajstić information content (AvgIpc) is 3.26. The monoisotopic (exact) mass is 487 g/mol. The molecule has 166 valence electrons. The Labute approximate surface area is 201 Å². The lowest BCUT2D eigenvalue weighted by atomic mass is 10.1. The van der Waals surface area contributed by atoms with Gasteiger partial charge in [-0.05, 0) is 74.4 Å². The number of amidine groups is 2. The summed E-state index contributed by atoms with van der Waals surface area (Å²) in [5.41, 5.74) is 3.69. The van der Waals surface area contributed by atoms with Crippen molar-refractivity contribution >= 4 is 63.0 Å². The fourth-order valence-electron chi connectivity index (χ4n) is 3.78. The highest BCUT2D eigenvalue weighted by atomic mass is 35.5. The van der Waals surface area contributed by atoms with E-state index in [1.54, 1.807) is 18.2 Å². The van der Waals surface area contributed by atoms with Gasteiger partial charge < -0.3 is 4.57 Å². The smallest absolute Gasteiger partial charge is 0.283 e. The lowest BCUT2D eigenvalue weighted by Gasteiger charge is -2.20. The number of benzene rings is 1. The van der Waals surface area contributed by atoms with E-state index in [0.717, 1.165) is 53.4 Å². The van der Waals surface area contributed by atoms with Gasteiger partial charge in [0.05, 0.1) is 16.3 Å². The van der Waals surface area contributed by atoms with Crippen molar-refractivity contribution in [3.63, 3.8) is 0 Å². The fourth-order valence-corrected chi connectivity index (χ4v) is 5.20. The molecule has 3 heterocycles. The van der Waals surface area contributed by atoms with Crippen LogP contribution in [0.15, 0.2) is 39.9 Å². The summed E-state index contributed by atoms with van der Waals surface area (Å²) in [6.45, 7) is 6.07. The number of aromatic nitrogens is 1. The summed E-state index contributed by atoms with van der Waals surface area (Å²) in [4.78, 5) is 16.9. The number of hydrogen-bond acceptors (Lipinski definition) is 4. The number of aliphatic imine (C=N–C) groups is 1. The molecule has 2 aromatic rings. The number of carbonyl (C=O) groups excluding carboxylic acids is 1. The number of rotatable bonds is 6. The standard InChI is InChI=1S/C23H23Cl2N5OS/c1-4-5-6-7-20-28-30-21(26)17(22(31)27-23(30)32-20)11-15-10-13(2)29(14(15)3)19-9-8-16(24)12-18(19)25/h8-12,26H,4-7H2,1-3H3. The zero-order valence-corrected chi connectivity index (χ0v) is 20.4. The van der Waals surface area contributed by atoms with Gasteiger partial charge in [0.1, 0.15) is 5.04 Å². The molecule has 0 atom stereocenters. The van der Waals surface area contributed by atoms with Gasteiger partial charge >= 0.3 is 0 Å². The van der Waals surface area contributed by atoms with Gasteiger partial charge in [-0.15, -0.1) is 0 Å². The van der Waals surface area contributed by atoms with Gasteiger partial charge in [0.15, 0.2) is 5.84 Å². The predicted molar refractivity (Wildman–Crippen MR) is 134 cm³/mol. The highest BCUT2D eigenvalue weighted by molar-refractivity contribution is 8.26. The molecule has 6 nitrogen and oxygen atoms in total. The second-order valence-electron chi connectivity index (χ2n) is 7.73. The molecule has 0 saturated carbocycles. The van der Waals surface area contributed by atoms with Crippen LogP contribution in [0.2, 0.25) is 10.0 Å². The zero-order chi connectivity index (χ0) is 23.0. The Bertz CT molecular complexity index is 1210. The average molecular weight is 488 g/mol. The van der Waals surface area contributed by atoms with Gasteiger partial charge in [-0.1, -0.05) is 43.0 Å². The highest BCUT2D eigenvalue weighted by Crippen LogP contribution is 2.32. The SMILES string of the molecule is CCCCCC1=NN2C(=N)C(=Cc3cc(C)n(-c4ccc(Cl)cc4Cl)c3C)C(=O)N=C2S1. The minimum absolute atomic E-state index is 0.0484. The van der Waals surface area contributed by atoms with E-state index in [1.807, 2.05) is 30.5 Å². The van der Waals surface area contributed by atoms with Crippen LogP contribution in [-0.4, -0.2) is 31.5 Å². The van der Waals surface area contributed by atoms with Crippen LogP contribution in [-0.2, 0) is 4.79 Å². The Morgan fingerprint density at radius 2 is 1.97 bits per heavy atom. The molecule has 2 aliphatic heterocycles. The van der Waals surface area contributed by atoms with Crippen molar-refractivity contribution in [2.45, 2.75) is 46.5 Å². The maximum atomic E-state index is 12.8. The number of hydrazone groups is 1. The van der Waals surface area contributed by atoms with E-state index in [1.165, 1.54) is 16.8 Å². The van der Waals surface area contributed by atoms with Gasteiger partial charge in [-0.25, -0.2) is 0 Å². The van der Waals surface area contributed by atoms with Gasteiger partial charge in [-0.3, -0.25) is 10.2 Å².